The Bertz CT molecular complexity index is 504. The van der Waals surface area contributed by atoms with Crippen LogP contribution in [0.1, 0.15) is 66.2 Å². The zero-order valence-electron chi connectivity index (χ0n) is 14.6. The molecule has 122 valence electrons. The van der Waals surface area contributed by atoms with Crippen LogP contribution in [0.4, 0.5) is 0 Å². The van der Waals surface area contributed by atoms with Crippen molar-refractivity contribution in [3.05, 3.63) is 34.4 Å². The van der Waals surface area contributed by atoms with E-state index < -0.39 is 0 Å². The first-order chi connectivity index (χ1) is 10.5. The molecule has 0 saturated heterocycles. The van der Waals surface area contributed by atoms with Crippen molar-refractivity contribution in [1.29, 1.82) is 0 Å². The summed E-state index contributed by atoms with van der Waals surface area (Å²) in [6.45, 7) is 9.34. The number of carbonyl (C=O) groups excluding carboxylic acids is 1. The molecule has 2 heteroatoms. The van der Waals surface area contributed by atoms with Crippen molar-refractivity contribution in [1.82, 2.24) is 0 Å². The van der Waals surface area contributed by atoms with Gasteiger partial charge < -0.3 is 4.74 Å². The molecule has 2 rings (SSSR count). The maximum Gasteiger partial charge on any atom is 0.334 e. The molecule has 2 nitrogen and oxygen atoms in total. The smallest absolute Gasteiger partial charge is 0.334 e. The van der Waals surface area contributed by atoms with Crippen molar-refractivity contribution in [3.63, 3.8) is 0 Å². The van der Waals surface area contributed by atoms with E-state index in [0.29, 0.717) is 18.4 Å². The Kier molecular flexibility index (Phi) is 6.05. The highest BCUT2D eigenvalue weighted by Gasteiger charge is 2.34. The molecule has 1 aliphatic heterocycles. The van der Waals surface area contributed by atoms with E-state index in [1.165, 1.54) is 16.7 Å². The Labute approximate surface area is 135 Å². The van der Waals surface area contributed by atoms with Crippen molar-refractivity contribution in [2.75, 3.05) is 6.61 Å². The van der Waals surface area contributed by atoms with Crippen molar-refractivity contribution in [3.8, 4) is 0 Å². The number of ether oxygens (including phenoxy) is 1. The van der Waals surface area contributed by atoms with Gasteiger partial charge in [0.05, 0.1) is 0 Å². The third-order valence-corrected chi connectivity index (χ3v) is 5.00. The Morgan fingerprint density at radius 2 is 2.18 bits per heavy atom. The Hall–Kier alpha value is -1.31. The van der Waals surface area contributed by atoms with E-state index in [1.807, 2.05) is 0 Å². The molecule has 22 heavy (non-hydrogen) atoms. The van der Waals surface area contributed by atoms with Gasteiger partial charge in [0.1, 0.15) is 6.61 Å². The molecule has 2 atom stereocenters. The van der Waals surface area contributed by atoms with Crippen molar-refractivity contribution in [2.24, 2.45) is 11.8 Å². The molecule has 0 bridgehead atoms. The van der Waals surface area contributed by atoms with E-state index in [9.17, 15) is 4.79 Å². The van der Waals surface area contributed by atoms with Crippen LogP contribution in [0.5, 0.6) is 0 Å². The Morgan fingerprint density at radius 1 is 1.41 bits per heavy atom. The number of hydrogen-bond donors (Lipinski definition) is 0. The largest absolute Gasteiger partial charge is 0.458 e. The molecule has 0 aromatic carbocycles. The number of cyclic esters (lactones) is 1. The molecule has 1 aliphatic carbocycles. The molecule has 0 fully saturated rings. The molecule has 0 radical (unpaired) electrons. The predicted octanol–water partition coefficient (Wildman–Crippen LogP) is 5.36. The van der Waals surface area contributed by atoms with Crippen molar-refractivity contribution < 1.29 is 9.53 Å². The number of rotatable bonds is 4. The molecule has 2 aliphatic rings. The molecule has 1 heterocycles. The standard InChI is InChI=1S/C20H30O2/c1-14(2)7-5-9-16(4)18-12-11-15(3)8-6-10-17-13-22-20(21)19(17)18/h7-8,16,18H,5-6,9-13H2,1-4H3/b15-8+/t16?,18-/m1/s1. The van der Waals surface area contributed by atoms with E-state index in [1.54, 1.807) is 0 Å². The highest BCUT2D eigenvalue weighted by atomic mass is 16.5. The molecular formula is C20H30O2. The quantitative estimate of drug-likeness (QED) is 0.516. The number of carbonyl (C=O) groups is 1. The fraction of sp³-hybridized carbons (Fsp3) is 0.650. The SMILES string of the molecule is CC(C)=CCCC(C)[C@H]1CC/C(C)=C/CCC2=C1C(=O)OC2. The molecule has 0 aromatic rings. The lowest BCUT2D eigenvalue weighted by atomic mass is 9.79. The maximum absolute atomic E-state index is 12.3. The molecule has 0 aromatic heterocycles. The molecule has 1 unspecified atom stereocenters. The topological polar surface area (TPSA) is 26.3 Å². The van der Waals surface area contributed by atoms with Gasteiger partial charge >= 0.3 is 5.97 Å². The monoisotopic (exact) mass is 302 g/mol. The van der Waals surface area contributed by atoms with Crippen LogP contribution in [-0.4, -0.2) is 12.6 Å². The third-order valence-electron chi connectivity index (χ3n) is 5.00. The van der Waals surface area contributed by atoms with E-state index in [0.717, 1.165) is 44.1 Å². The summed E-state index contributed by atoms with van der Waals surface area (Å²) in [6.07, 6.45) is 11.1. The second-order valence-corrected chi connectivity index (χ2v) is 7.16. The minimum absolute atomic E-state index is 0.0476. The summed E-state index contributed by atoms with van der Waals surface area (Å²) < 4.78 is 5.36. The van der Waals surface area contributed by atoms with E-state index in [2.05, 4.69) is 39.8 Å². The first-order valence-electron chi connectivity index (χ1n) is 8.67. The van der Waals surface area contributed by atoms with Gasteiger partial charge in [0.25, 0.3) is 0 Å². The zero-order chi connectivity index (χ0) is 16.1. The van der Waals surface area contributed by atoms with Crippen molar-refractivity contribution in [2.45, 2.75) is 66.2 Å². The van der Waals surface area contributed by atoms with Crippen LogP contribution in [0.25, 0.3) is 0 Å². The number of esters is 1. The minimum atomic E-state index is -0.0476. The fourth-order valence-electron chi connectivity index (χ4n) is 3.60. The number of hydrogen-bond acceptors (Lipinski definition) is 2. The average molecular weight is 302 g/mol. The fourth-order valence-corrected chi connectivity index (χ4v) is 3.60. The van der Waals surface area contributed by atoms with Gasteiger partial charge in [-0.3, -0.25) is 0 Å². The van der Waals surface area contributed by atoms with E-state index in [4.69, 9.17) is 4.74 Å². The summed E-state index contributed by atoms with van der Waals surface area (Å²) in [5, 5.41) is 0. The predicted molar refractivity (Wildman–Crippen MR) is 91.5 cm³/mol. The summed E-state index contributed by atoms with van der Waals surface area (Å²) in [5.74, 6) is 0.836. The zero-order valence-corrected chi connectivity index (χ0v) is 14.6. The van der Waals surface area contributed by atoms with Gasteiger partial charge in [-0.1, -0.05) is 30.2 Å². The lowest BCUT2D eigenvalue weighted by Crippen LogP contribution is -2.19. The summed E-state index contributed by atoms with van der Waals surface area (Å²) in [5.41, 5.74) is 5.12. The Morgan fingerprint density at radius 3 is 2.91 bits per heavy atom. The third kappa shape index (κ3) is 4.34. The van der Waals surface area contributed by atoms with Gasteiger partial charge in [-0.25, -0.2) is 4.79 Å². The minimum Gasteiger partial charge on any atom is -0.458 e. The van der Waals surface area contributed by atoms with Gasteiger partial charge in [0.2, 0.25) is 0 Å². The van der Waals surface area contributed by atoms with Crippen LogP contribution in [0.15, 0.2) is 34.4 Å². The summed E-state index contributed by atoms with van der Waals surface area (Å²) in [7, 11) is 0. The summed E-state index contributed by atoms with van der Waals surface area (Å²) in [6, 6.07) is 0. The second-order valence-electron chi connectivity index (χ2n) is 7.16. The first kappa shape index (κ1) is 17.1. The van der Waals surface area contributed by atoms with Crippen LogP contribution in [0.3, 0.4) is 0 Å². The van der Waals surface area contributed by atoms with Gasteiger partial charge in [0, 0.05) is 5.57 Å². The normalized spacial score (nSPS) is 26.1. The Balaban J connectivity index is 2.17. The summed E-state index contributed by atoms with van der Waals surface area (Å²) in [4.78, 5) is 12.3. The molecule has 0 spiro atoms. The first-order valence-corrected chi connectivity index (χ1v) is 8.67. The molecule has 0 saturated carbocycles. The average Bonchev–Trinajstić information content (AvgIpc) is 2.83. The lowest BCUT2D eigenvalue weighted by molar-refractivity contribution is -0.136. The van der Waals surface area contributed by atoms with E-state index in [-0.39, 0.29) is 5.97 Å². The number of allylic oxidation sites excluding steroid dienone is 4. The summed E-state index contributed by atoms with van der Waals surface area (Å²) >= 11 is 0. The maximum atomic E-state index is 12.3. The van der Waals surface area contributed by atoms with Crippen LogP contribution in [-0.2, 0) is 9.53 Å². The van der Waals surface area contributed by atoms with Gasteiger partial charge in [-0.15, -0.1) is 0 Å². The van der Waals surface area contributed by atoms with Crippen LogP contribution in [0.2, 0.25) is 0 Å². The lowest BCUT2D eigenvalue weighted by Gasteiger charge is -2.24. The van der Waals surface area contributed by atoms with Gasteiger partial charge in [-0.05, 0) is 76.7 Å². The highest BCUT2D eigenvalue weighted by Crippen LogP contribution is 2.37. The molecule has 0 amide bonds. The van der Waals surface area contributed by atoms with E-state index >= 15 is 0 Å². The van der Waals surface area contributed by atoms with Gasteiger partial charge in [-0.2, -0.15) is 0 Å². The highest BCUT2D eigenvalue weighted by molar-refractivity contribution is 5.92. The second kappa shape index (κ2) is 7.80. The van der Waals surface area contributed by atoms with Crippen LogP contribution >= 0.6 is 0 Å². The van der Waals surface area contributed by atoms with Crippen LogP contribution in [0, 0.1) is 11.8 Å². The van der Waals surface area contributed by atoms with Crippen LogP contribution < -0.4 is 0 Å². The van der Waals surface area contributed by atoms with Gasteiger partial charge in [0.15, 0.2) is 0 Å². The molecular weight excluding hydrogens is 272 g/mol. The van der Waals surface area contributed by atoms with Crippen molar-refractivity contribution >= 4 is 5.97 Å². The molecule has 0 N–H and O–H groups in total.